The van der Waals surface area contributed by atoms with Crippen molar-refractivity contribution < 1.29 is 24.1 Å². The Labute approximate surface area is 201 Å². The zero-order valence-electron chi connectivity index (χ0n) is 19.4. The first-order valence-electron chi connectivity index (χ1n) is 11.8. The molecule has 9 heteroatoms. The van der Waals surface area contributed by atoms with Crippen LogP contribution in [0.3, 0.4) is 0 Å². The van der Waals surface area contributed by atoms with Crippen LogP contribution in [-0.4, -0.2) is 44.5 Å². The van der Waals surface area contributed by atoms with Gasteiger partial charge in [0, 0.05) is 23.3 Å². The highest BCUT2D eigenvalue weighted by atomic mass is 16.6. The van der Waals surface area contributed by atoms with E-state index in [2.05, 4.69) is 0 Å². The minimum Gasteiger partial charge on any atom is -0.292 e. The number of hydrogen-bond acceptors (Lipinski definition) is 6. The Hall–Kier alpha value is -3.88. The third-order valence-corrected chi connectivity index (χ3v) is 7.74. The standard InChI is InChI=1S/C26H25N3O6/c1-14-3-5-16(6-4-14)23(30)15(2)27(24(31)17-9-11-20(12-10-17)29(34)35)28-25(32)21-18-7-8-19(13-18)22(21)26(28)33/h3-6,9-12,15,18-19,21-22H,7-8,13H2,1-2H3/t15-,18+,19+,21-,22+/m1/s1. The number of nitro groups is 1. The van der Waals surface area contributed by atoms with E-state index in [0.717, 1.165) is 34.8 Å². The molecule has 2 aromatic rings. The van der Waals surface area contributed by atoms with Crippen LogP contribution in [0.2, 0.25) is 0 Å². The highest BCUT2D eigenvalue weighted by Crippen LogP contribution is 2.56. The van der Waals surface area contributed by atoms with Crippen molar-refractivity contribution in [1.29, 1.82) is 0 Å². The Morgan fingerprint density at radius 3 is 1.97 bits per heavy atom. The van der Waals surface area contributed by atoms with Gasteiger partial charge in [-0.3, -0.25) is 29.3 Å². The summed E-state index contributed by atoms with van der Waals surface area (Å²) in [6.45, 7) is 3.38. The fraction of sp³-hybridized carbons (Fsp3) is 0.385. The van der Waals surface area contributed by atoms with Gasteiger partial charge in [-0.1, -0.05) is 29.8 Å². The predicted molar refractivity (Wildman–Crippen MR) is 124 cm³/mol. The van der Waals surface area contributed by atoms with Crippen molar-refractivity contribution in [3.05, 3.63) is 75.3 Å². The number of amides is 3. The van der Waals surface area contributed by atoms with E-state index >= 15 is 0 Å². The Balaban J connectivity index is 1.53. The van der Waals surface area contributed by atoms with Crippen LogP contribution < -0.4 is 0 Å². The number of carbonyl (C=O) groups is 4. The molecule has 0 unspecified atom stereocenters. The number of Topliss-reactive ketones (excluding diaryl/α,β-unsaturated/α-hetero) is 1. The van der Waals surface area contributed by atoms with Crippen molar-refractivity contribution in [2.24, 2.45) is 23.7 Å². The fourth-order valence-electron chi connectivity index (χ4n) is 5.97. The molecule has 0 spiro atoms. The second-order valence-corrected chi connectivity index (χ2v) is 9.73. The summed E-state index contributed by atoms with van der Waals surface area (Å²) in [7, 11) is 0. The molecule has 2 aromatic carbocycles. The summed E-state index contributed by atoms with van der Waals surface area (Å²) in [4.78, 5) is 64.6. The summed E-state index contributed by atoms with van der Waals surface area (Å²) in [5.74, 6) is -2.72. The minimum atomic E-state index is -1.15. The van der Waals surface area contributed by atoms with Crippen molar-refractivity contribution in [3.8, 4) is 0 Å². The van der Waals surface area contributed by atoms with Gasteiger partial charge in [-0.2, -0.15) is 5.01 Å². The van der Waals surface area contributed by atoms with Gasteiger partial charge in [-0.15, -0.1) is 0 Å². The van der Waals surface area contributed by atoms with E-state index in [-0.39, 0.29) is 23.1 Å². The molecule has 5 atom stereocenters. The van der Waals surface area contributed by atoms with Crippen molar-refractivity contribution in [2.75, 3.05) is 0 Å². The molecule has 2 bridgehead atoms. The van der Waals surface area contributed by atoms with Crippen LogP contribution in [0, 0.1) is 40.7 Å². The maximum Gasteiger partial charge on any atom is 0.273 e. The molecule has 3 aliphatic rings. The summed E-state index contributed by atoms with van der Waals surface area (Å²) >= 11 is 0. The lowest BCUT2D eigenvalue weighted by molar-refractivity contribution is -0.384. The van der Waals surface area contributed by atoms with Gasteiger partial charge in [0.2, 0.25) is 0 Å². The summed E-state index contributed by atoms with van der Waals surface area (Å²) in [6, 6.07) is 10.6. The number of non-ortho nitro benzene ring substituents is 1. The third kappa shape index (κ3) is 3.62. The number of aryl methyl sites for hydroxylation is 1. The molecule has 1 aliphatic heterocycles. The van der Waals surface area contributed by atoms with E-state index in [4.69, 9.17) is 0 Å². The molecule has 3 amide bonds. The molecule has 9 nitrogen and oxygen atoms in total. The monoisotopic (exact) mass is 475 g/mol. The van der Waals surface area contributed by atoms with Gasteiger partial charge in [0.05, 0.1) is 16.8 Å². The number of ketones is 1. The van der Waals surface area contributed by atoms with E-state index in [1.165, 1.54) is 31.2 Å². The Morgan fingerprint density at radius 1 is 0.943 bits per heavy atom. The number of nitrogens with zero attached hydrogens (tertiary/aromatic N) is 3. The smallest absolute Gasteiger partial charge is 0.273 e. The van der Waals surface area contributed by atoms with E-state index < -0.39 is 46.3 Å². The molecule has 3 fully saturated rings. The van der Waals surface area contributed by atoms with Crippen LogP contribution in [0.4, 0.5) is 5.69 Å². The Bertz CT molecular complexity index is 1210. The van der Waals surface area contributed by atoms with E-state index in [9.17, 15) is 29.3 Å². The molecule has 2 aliphatic carbocycles. The summed E-state index contributed by atoms with van der Waals surface area (Å²) in [5, 5.41) is 12.9. The van der Waals surface area contributed by atoms with Gasteiger partial charge >= 0.3 is 0 Å². The number of hydrogen-bond donors (Lipinski definition) is 0. The normalized spacial score (nSPS) is 25.5. The van der Waals surface area contributed by atoms with Crippen molar-refractivity contribution >= 4 is 29.2 Å². The van der Waals surface area contributed by atoms with E-state index in [0.29, 0.717) is 5.56 Å². The van der Waals surface area contributed by atoms with Crippen LogP contribution in [0.15, 0.2) is 48.5 Å². The van der Waals surface area contributed by atoms with Crippen molar-refractivity contribution in [3.63, 3.8) is 0 Å². The molecule has 0 radical (unpaired) electrons. The Kier molecular flexibility index (Phi) is 5.50. The largest absolute Gasteiger partial charge is 0.292 e. The first kappa shape index (κ1) is 22.9. The number of imide groups is 1. The highest BCUT2D eigenvalue weighted by Gasteiger charge is 2.63. The zero-order chi connectivity index (χ0) is 25.0. The zero-order valence-corrected chi connectivity index (χ0v) is 19.4. The Morgan fingerprint density at radius 2 is 1.46 bits per heavy atom. The summed E-state index contributed by atoms with van der Waals surface area (Å²) in [5.41, 5.74) is 1.15. The number of rotatable bonds is 6. The quantitative estimate of drug-likeness (QED) is 0.273. The lowest BCUT2D eigenvalue weighted by Gasteiger charge is -2.35. The molecule has 0 aromatic heterocycles. The molecule has 0 N–H and O–H groups in total. The van der Waals surface area contributed by atoms with Crippen LogP contribution >= 0.6 is 0 Å². The van der Waals surface area contributed by atoms with E-state index in [1.54, 1.807) is 24.3 Å². The topological polar surface area (TPSA) is 118 Å². The van der Waals surface area contributed by atoms with Gasteiger partial charge in [-0.05, 0) is 57.1 Å². The van der Waals surface area contributed by atoms with Crippen LogP contribution in [0.1, 0.15) is 52.5 Å². The van der Waals surface area contributed by atoms with Gasteiger partial charge in [-0.25, -0.2) is 5.01 Å². The van der Waals surface area contributed by atoms with Gasteiger partial charge in [0.15, 0.2) is 5.78 Å². The molecular weight excluding hydrogens is 450 g/mol. The second kappa shape index (κ2) is 8.41. The average molecular weight is 476 g/mol. The third-order valence-electron chi connectivity index (χ3n) is 7.74. The lowest BCUT2D eigenvalue weighted by atomic mass is 9.81. The first-order valence-corrected chi connectivity index (χ1v) is 11.8. The number of carbonyl (C=O) groups excluding carboxylic acids is 4. The van der Waals surface area contributed by atoms with Gasteiger partial charge < -0.3 is 0 Å². The molecule has 1 heterocycles. The predicted octanol–water partition coefficient (Wildman–Crippen LogP) is 3.56. The summed E-state index contributed by atoms with van der Waals surface area (Å²) < 4.78 is 0. The lowest BCUT2D eigenvalue weighted by Crippen LogP contribution is -2.56. The number of fused-ring (bicyclic) bond motifs is 5. The molecule has 2 saturated carbocycles. The second-order valence-electron chi connectivity index (χ2n) is 9.73. The molecular formula is C26H25N3O6. The average Bonchev–Trinajstić information content (AvgIpc) is 3.54. The summed E-state index contributed by atoms with van der Waals surface area (Å²) in [6.07, 6.45) is 2.61. The minimum absolute atomic E-state index is 0.0415. The molecule has 5 rings (SSSR count). The maximum atomic E-state index is 13.7. The SMILES string of the molecule is Cc1ccc(C(=O)[C@@H](C)N(C(=O)c2ccc([N+](=O)[O-])cc2)N2C(=O)[C@@H]3[C@H]4CC[C@@H](C4)[C@@H]3C2=O)cc1. The van der Waals surface area contributed by atoms with Gasteiger partial charge in [0.25, 0.3) is 23.4 Å². The van der Waals surface area contributed by atoms with Crippen molar-refractivity contribution in [2.45, 2.75) is 39.2 Å². The fourth-order valence-corrected chi connectivity index (χ4v) is 5.97. The maximum absolute atomic E-state index is 13.7. The van der Waals surface area contributed by atoms with Crippen LogP contribution in [-0.2, 0) is 9.59 Å². The van der Waals surface area contributed by atoms with Crippen LogP contribution in [0.25, 0.3) is 0 Å². The highest BCUT2D eigenvalue weighted by molar-refractivity contribution is 6.10. The first-order chi connectivity index (χ1) is 16.7. The van der Waals surface area contributed by atoms with Crippen molar-refractivity contribution in [1.82, 2.24) is 10.0 Å². The van der Waals surface area contributed by atoms with E-state index in [1.807, 2.05) is 6.92 Å². The molecule has 180 valence electrons. The molecule has 35 heavy (non-hydrogen) atoms. The number of nitro benzene ring substituents is 1. The molecule has 1 saturated heterocycles. The van der Waals surface area contributed by atoms with Gasteiger partial charge in [0.1, 0.15) is 6.04 Å². The van der Waals surface area contributed by atoms with Crippen LogP contribution in [0.5, 0.6) is 0 Å². The number of hydrazine groups is 1. The number of benzene rings is 2.